The molecule has 0 saturated heterocycles. The molecule has 0 spiro atoms. The number of nitrogens with one attached hydrogen (secondary N) is 1. The number of amides is 1. The van der Waals surface area contributed by atoms with E-state index < -0.39 is 0 Å². The molecule has 7 heteroatoms. The van der Waals surface area contributed by atoms with Crippen molar-refractivity contribution in [2.45, 2.75) is 26.2 Å². The smallest absolute Gasteiger partial charge is 0.257 e. The molecule has 0 bridgehead atoms. The van der Waals surface area contributed by atoms with Gasteiger partial charge in [-0.3, -0.25) is 10.1 Å². The van der Waals surface area contributed by atoms with Crippen LogP contribution in [0.25, 0.3) is 11.3 Å². The van der Waals surface area contributed by atoms with Crippen molar-refractivity contribution in [2.75, 3.05) is 25.1 Å². The van der Waals surface area contributed by atoms with E-state index in [1.54, 1.807) is 12.1 Å². The molecule has 0 atom stereocenters. The maximum absolute atomic E-state index is 12.5. The summed E-state index contributed by atoms with van der Waals surface area (Å²) in [6, 6.07) is 12.9. The van der Waals surface area contributed by atoms with Crippen LogP contribution >= 0.6 is 11.3 Å². The Labute approximate surface area is 179 Å². The highest BCUT2D eigenvalue weighted by Gasteiger charge is 2.15. The zero-order valence-electron chi connectivity index (χ0n) is 16.8. The molecule has 156 valence electrons. The molecular formula is C23H24N2O4S. The number of ether oxygens (including phenoxy) is 3. The first kappa shape index (κ1) is 20.2. The largest absolute Gasteiger partial charge is 0.494 e. The Hall–Kier alpha value is -3.06. The van der Waals surface area contributed by atoms with Gasteiger partial charge in [0, 0.05) is 16.5 Å². The lowest BCUT2D eigenvalue weighted by molar-refractivity contribution is 0.102. The first-order chi connectivity index (χ1) is 14.7. The van der Waals surface area contributed by atoms with Gasteiger partial charge in [0.25, 0.3) is 5.91 Å². The van der Waals surface area contributed by atoms with Gasteiger partial charge in [-0.15, -0.1) is 11.3 Å². The Morgan fingerprint density at radius 3 is 2.70 bits per heavy atom. The minimum atomic E-state index is -0.199. The van der Waals surface area contributed by atoms with E-state index in [4.69, 9.17) is 14.2 Å². The molecule has 6 nitrogen and oxygen atoms in total. The van der Waals surface area contributed by atoms with Gasteiger partial charge in [0.1, 0.15) is 19.0 Å². The number of benzene rings is 2. The number of anilines is 1. The van der Waals surface area contributed by atoms with Crippen molar-refractivity contribution >= 4 is 22.4 Å². The Morgan fingerprint density at radius 2 is 1.90 bits per heavy atom. The van der Waals surface area contributed by atoms with Crippen LogP contribution in [0.1, 0.15) is 36.5 Å². The van der Waals surface area contributed by atoms with Crippen LogP contribution in [0.5, 0.6) is 17.2 Å². The quantitative estimate of drug-likeness (QED) is 0.490. The van der Waals surface area contributed by atoms with Crippen LogP contribution in [-0.4, -0.2) is 30.7 Å². The number of rotatable bonds is 8. The summed E-state index contributed by atoms with van der Waals surface area (Å²) >= 11 is 1.38. The fraction of sp³-hybridized carbons (Fsp3) is 0.304. The van der Waals surface area contributed by atoms with Crippen molar-refractivity contribution in [3.8, 4) is 28.5 Å². The highest BCUT2D eigenvalue weighted by atomic mass is 32.1. The second-order valence-electron chi connectivity index (χ2n) is 6.93. The normalized spacial score (nSPS) is 12.4. The highest BCUT2D eigenvalue weighted by Crippen LogP contribution is 2.35. The number of carbonyl (C=O) groups is 1. The Bertz CT molecular complexity index is 1000. The maximum Gasteiger partial charge on any atom is 0.257 e. The summed E-state index contributed by atoms with van der Waals surface area (Å²) in [5, 5.41) is 5.32. The van der Waals surface area contributed by atoms with Gasteiger partial charge in [-0.05, 0) is 48.9 Å². The predicted octanol–water partition coefficient (Wildman–Crippen LogP) is 5.40. The minimum absolute atomic E-state index is 0.199. The van der Waals surface area contributed by atoms with Gasteiger partial charge in [-0.25, -0.2) is 4.98 Å². The Kier molecular flexibility index (Phi) is 6.49. The molecule has 2 aromatic carbocycles. The Morgan fingerprint density at radius 1 is 1.10 bits per heavy atom. The van der Waals surface area contributed by atoms with Crippen molar-refractivity contribution in [1.82, 2.24) is 4.98 Å². The number of thiazole rings is 1. The number of unbranched alkanes of at least 4 members (excludes halogenated alkanes) is 2. The second-order valence-corrected chi connectivity index (χ2v) is 7.79. The monoisotopic (exact) mass is 424 g/mol. The number of aromatic nitrogens is 1. The lowest BCUT2D eigenvalue weighted by Gasteiger charge is -2.18. The average molecular weight is 425 g/mol. The van der Waals surface area contributed by atoms with Crippen molar-refractivity contribution in [2.24, 2.45) is 0 Å². The van der Waals surface area contributed by atoms with E-state index in [1.807, 2.05) is 35.7 Å². The second kappa shape index (κ2) is 9.63. The van der Waals surface area contributed by atoms with Gasteiger partial charge < -0.3 is 14.2 Å². The minimum Gasteiger partial charge on any atom is -0.494 e. The summed E-state index contributed by atoms with van der Waals surface area (Å²) in [4.78, 5) is 17.1. The van der Waals surface area contributed by atoms with Gasteiger partial charge in [0.2, 0.25) is 0 Å². The predicted molar refractivity (Wildman–Crippen MR) is 118 cm³/mol. The molecule has 0 unspecified atom stereocenters. The number of hydrogen-bond acceptors (Lipinski definition) is 6. The number of carbonyl (C=O) groups excluding carboxylic acids is 1. The highest BCUT2D eigenvalue weighted by molar-refractivity contribution is 7.14. The summed E-state index contributed by atoms with van der Waals surface area (Å²) in [6.45, 7) is 3.96. The average Bonchev–Trinajstić information content (AvgIpc) is 3.25. The molecule has 1 aromatic heterocycles. The zero-order chi connectivity index (χ0) is 20.8. The van der Waals surface area contributed by atoms with Gasteiger partial charge in [-0.1, -0.05) is 19.8 Å². The zero-order valence-corrected chi connectivity index (χ0v) is 17.7. The maximum atomic E-state index is 12.5. The van der Waals surface area contributed by atoms with Crippen molar-refractivity contribution in [1.29, 1.82) is 0 Å². The lowest BCUT2D eigenvalue weighted by Crippen LogP contribution is -2.15. The van der Waals surface area contributed by atoms with Gasteiger partial charge >= 0.3 is 0 Å². The SMILES string of the molecule is CCCCCOc1ccc(C(=O)Nc2nc(-c3ccc4c(c3)OCCO4)cs2)cc1. The summed E-state index contributed by atoms with van der Waals surface area (Å²) in [7, 11) is 0. The molecule has 3 aromatic rings. The molecule has 0 radical (unpaired) electrons. The standard InChI is InChI=1S/C23H24N2O4S/c1-2-3-4-11-27-18-8-5-16(6-9-18)22(26)25-23-24-19(15-30-23)17-7-10-20-21(14-17)29-13-12-28-20/h5-10,14-15H,2-4,11-13H2,1H3,(H,24,25,26). The number of fused-ring (bicyclic) bond motifs is 1. The first-order valence-corrected chi connectivity index (χ1v) is 11.0. The van der Waals surface area contributed by atoms with Crippen LogP contribution in [0.15, 0.2) is 47.8 Å². The number of nitrogens with zero attached hydrogens (tertiary/aromatic N) is 1. The third-order valence-corrected chi connectivity index (χ3v) is 5.45. The summed E-state index contributed by atoms with van der Waals surface area (Å²) in [5.41, 5.74) is 2.26. The number of hydrogen-bond donors (Lipinski definition) is 1. The van der Waals surface area contributed by atoms with Gasteiger partial charge in [-0.2, -0.15) is 0 Å². The van der Waals surface area contributed by atoms with Crippen molar-refractivity contribution < 1.29 is 19.0 Å². The van der Waals surface area contributed by atoms with E-state index in [-0.39, 0.29) is 5.91 Å². The molecule has 1 N–H and O–H groups in total. The molecule has 4 rings (SSSR count). The lowest BCUT2D eigenvalue weighted by atomic mass is 10.1. The van der Waals surface area contributed by atoms with Crippen LogP contribution in [-0.2, 0) is 0 Å². The molecule has 30 heavy (non-hydrogen) atoms. The van der Waals surface area contributed by atoms with Crippen LogP contribution < -0.4 is 19.5 Å². The van der Waals surface area contributed by atoms with Crippen LogP contribution in [0.4, 0.5) is 5.13 Å². The Balaban J connectivity index is 1.37. The molecule has 2 heterocycles. The molecule has 1 aliphatic rings. The first-order valence-electron chi connectivity index (χ1n) is 10.1. The van der Waals surface area contributed by atoms with Crippen molar-refractivity contribution in [3.05, 3.63) is 53.4 Å². The summed E-state index contributed by atoms with van der Waals surface area (Å²) in [5.74, 6) is 2.04. The van der Waals surface area contributed by atoms with E-state index in [0.29, 0.717) is 36.3 Å². The summed E-state index contributed by atoms with van der Waals surface area (Å²) < 4.78 is 16.9. The van der Waals surface area contributed by atoms with Gasteiger partial charge in [0.05, 0.1) is 12.3 Å². The third-order valence-electron chi connectivity index (χ3n) is 4.70. The molecule has 0 saturated carbocycles. The molecule has 1 amide bonds. The van der Waals surface area contributed by atoms with E-state index >= 15 is 0 Å². The molecule has 0 aliphatic carbocycles. The third kappa shape index (κ3) is 4.91. The summed E-state index contributed by atoms with van der Waals surface area (Å²) in [6.07, 6.45) is 3.35. The van der Waals surface area contributed by atoms with E-state index in [1.165, 1.54) is 11.3 Å². The molecular weight excluding hydrogens is 400 g/mol. The molecule has 1 aliphatic heterocycles. The molecule has 0 fully saturated rings. The van der Waals surface area contributed by atoms with Crippen LogP contribution in [0, 0.1) is 0 Å². The fourth-order valence-electron chi connectivity index (χ4n) is 3.08. The topological polar surface area (TPSA) is 69.7 Å². The van der Waals surface area contributed by atoms with Crippen LogP contribution in [0.3, 0.4) is 0 Å². The van der Waals surface area contributed by atoms with Gasteiger partial charge in [0.15, 0.2) is 16.6 Å². The van der Waals surface area contributed by atoms with Crippen molar-refractivity contribution in [3.63, 3.8) is 0 Å². The van der Waals surface area contributed by atoms with E-state index in [2.05, 4.69) is 17.2 Å². The fourth-order valence-corrected chi connectivity index (χ4v) is 3.80. The van der Waals surface area contributed by atoms with E-state index in [9.17, 15) is 4.79 Å². The van der Waals surface area contributed by atoms with Crippen LogP contribution in [0.2, 0.25) is 0 Å². The van der Waals surface area contributed by atoms with E-state index in [0.717, 1.165) is 42.0 Å².